The van der Waals surface area contributed by atoms with Crippen LogP contribution < -0.4 is 14.8 Å². The molecule has 0 spiro atoms. The molecule has 0 heterocycles. The van der Waals surface area contributed by atoms with Gasteiger partial charge in [0.1, 0.15) is 0 Å². The van der Waals surface area contributed by atoms with Gasteiger partial charge in [-0.3, -0.25) is 0 Å². The Morgan fingerprint density at radius 3 is 1.88 bits per heavy atom. The van der Waals surface area contributed by atoms with Gasteiger partial charge in [-0.15, -0.1) is 0 Å². The number of rotatable bonds is 6. The van der Waals surface area contributed by atoms with Gasteiger partial charge < -0.3 is 0 Å². The number of benzene rings is 1. The van der Waals surface area contributed by atoms with Crippen molar-refractivity contribution in [2.75, 3.05) is 14.2 Å². The van der Waals surface area contributed by atoms with Crippen LogP contribution in [0.1, 0.15) is 64.2 Å². The van der Waals surface area contributed by atoms with Gasteiger partial charge in [0, 0.05) is 0 Å². The number of hydrogen-bond donors (Lipinski definition) is 0. The summed E-state index contributed by atoms with van der Waals surface area (Å²) in [6, 6.07) is 6.37. The average Bonchev–Trinajstić information content (AvgIpc) is 2.70. The van der Waals surface area contributed by atoms with Crippen molar-refractivity contribution in [2.45, 2.75) is 79.1 Å². The Hall–Kier alpha value is 0.202. The summed E-state index contributed by atoms with van der Waals surface area (Å²) < 4.78 is 11.6. The Bertz CT molecular complexity index is 565. The summed E-state index contributed by atoms with van der Waals surface area (Å²) in [6.07, 6.45) is 13.4. The van der Waals surface area contributed by atoms with Crippen LogP contribution in [0.15, 0.2) is 18.2 Å². The van der Waals surface area contributed by atoms with E-state index in [-0.39, 0.29) is 3.59 Å². The first-order valence-electron chi connectivity index (χ1n) is 10.1. The standard InChI is InChI=1S/C21H33ClO2P.Pd/c1-23-17-13-14-20(24-2)21(15-17)25(16-22,18-9-5-3-6-10-18)19-11-7-4-8-12-19;/h13-16,18-19,25H,3-12H2,1-2H3;. The van der Waals surface area contributed by atoms with Crippen LogP contribution in [-0.2, 0) is 19.2 Å². The molecule has 0 bridgehead atoms. The molecule has 2 aliphatic carbocycles. The fourth-order valence-electron chi connectivity index (χ4n) is 5.52. The molecule has 1 unspecified atom stereocenters. The van der Waals surface area contributed by atoms with E-state index in [0.29, 0.717) is 0 Å². The summed E-state index contributed by atoms with van der Waals surface area (Å²) in [4.78, 5) is 0. The minimum atomic E-state index is -2.07. The van der Waals surface area contributed by atoms with E-state index in [1.54, 1.807) is 14.2 Å². The summed E-state index contributed by atoms with van der Waals surface area (Å²) in [7, 11) is 1.49. The SMILES string of the molecule is COc1ccc(OC)c([PH]([CH](Cl)[Pd])(C2CCCCC2)C2CCCCC2)c1. The number of halogens is 1. The summed E-state index contributed by atoms with van der Waals surface area (Å²) in [5.41, 5.74) is 1.47. The molecule has 1 atom stereocenters. The van der Waals surface area contributed by atoms with Gasteiger partial charge in [-0.05, 0) is 0 Å². The van der Waals surface area contributed by atoms with Crippen LogP contribution >= 0.6 is 18.9 Å². The molecule has 26 heavy (non-hydrogen) atoms. The first-order valence-corrected chi connectivity index (χ1v) is 13.7. The third kappa shape index (κ3) is 3.98. The summed E-state index contributed by atoms with van der Waals surface area (Å²) in [5.74, 6) is 1.95. The molecule has 1 aromatic carbocycles. The molecule has 0 aliphatic heterocycles. The molecule has 0 aromatic heterocycles. The van der Waals surface area contributed by atoms with E-state index in [1.165, 1.54) is 69.5 Å². The van der Waals surface area contributed by atoms with Crippen molar-refractivity contribution >= 4 is 24.2 Å². The van der Waals surface area contributed by atoms with Crippen molar-refractivity contribution in [2.24, 2.45) is 0 Å². The zero-order chi connectivity index (χ0) is 18.6. The normalized spacial score (nSPS) is 22.0. The molecule has 1 aromatic rings. The van der Waals surface area contributed by atoms with Crippen molar-refractivity contribution in [1.29, 1.82) is 0 Å². The van der Waals surface area contributed by atoms with Gasteiger partial charge in [0.25, 0.3) is 0 Å². The number of alkyl halides is 1. The van der Waals surface area contributed by atoms with Gasteiger partial charge in [-0.2, -0.15) is 0 Å². The fourth-order valence-corrected chi connectivity index (χ4v) is 16.0. The van der Waals surface area contributed by atoms with Crippen LogP contribution in [0.25, 0.3) is 0 Å². The first kappa shape index (κ1) is 20.9. The number of ether oxygens (including phenoxy) is 2. The fraction of sp³-hybridized carbons (Fsp3) is 0.714. The van der Waals surface area contributed by atoms with Crippen LogP contribution in [0.2, 0.25) is 0 Å². The average molecular weight is 490 g/mol. The molecule has 5 heteroatoms. The second-order valence-corrected chi connectivity index (χ2v) is 15.5. The molecule has 2 nitrogen and oxygen atoms in total. The first-order chi connectivity index (χ1) is 12.6. The quantitative estimate of drug-likeness (QED) is 0.285. The van der Waals surface area contributed by atoms with E-state index in [4.69, 9.17) is 21.1 Å². The Labute approximate surface area is 175 Å². The second kappa shape index (κ2) is 9.61. The molecule has 0 saturated heterocycles. The van der Waals surface area contributed by atoms with Crippen LogP contribution in [0, 0.1) is 0 Å². The molecule has 0 N–H and O–H groups in total. The summed E-state index contributed by atoms with van der Waals surface area (Å²) >= 11 is 10.7. The Balaban J connectivity index is 2.18. The zero-order valence-electron chi connectivity index (χ0n) is 16.0. The maximum absolute atomic E-state index is 7.12. The van der Waals surface area contributed by atoms with Gasteiger partial charge >= 0.3 is 176 Å². The molecule has 2 saturated carbocycles. The number of methoxy groups -OCH3 is 2. The third-order valence-electron chi connectivity index (χ3n) is 6.77. The van der Waals surface area contributed by atoms with Gasteiger partial charge in [-0.1, -0.05) is 0 Å². The van der Waals surface area contributed by atoms with E-state index < -0.39 is 7.26 Å². The number of hydrogen-bond acceptors (Lipinski definition) is 2. The van der Waals surface area contributed by atoms with E-state index in [1.807, 2.05) is 6.07 Å². The van der Waals surface area contributed by atoms with Crippen LogP contribution in [0.5, 0.6) is 11.5 Å². The molecule has 2 aliphatic rings. The predicted molar refractivity (Wildman–Crippen MR) is 111 cm³/mol. The Morgan fingerprint density at radius 2 is 1.46 bits per heavy atom. The van der Waals surface area contributed by atoms with Crippen LogP contribution in [0.3, 0.4) is 0 Å². The van der Waals surface area contributed by atoms with Gasteiger partial charge in [0.2, 0.25) is 0 Å². The van der Waals surface area contributed by atoms with E-state index >= 15 is 0 Å². The molecule has 0 radical (unpaired) electrons. The third-order valence-corrected chi connectivity index (χ3v) is 15.9. The van der Waals surface area contributed by atoms with Crippen molar-refractivity contribution in [1.82, 2.24) is 0 Å². The van der Waals surface area contributed by atoms with Crippen LogP contribution in [-0.4, -0.2) is 29.1 Å². The van der Waals surface area contributed by atoms with Gasteiger partial charge in [0.15, 0.2) is 0 Å². The molecular formula is C21H33ClO2PPd. The topological polar surface area (TPSA) is 18.5 Å². The minimum absolute atomic E-state index is 0.0673. The van der Waals surface area contributed by atoms with E-state index in [2.05, 4.69) is 31.3 Å². The van der Waals surface area contributed by atoms with Crippen molar-refractivity contribution in [3.63, 3.8) is 0 Å². The van der Waals surface area contributed by atoms with Gasteiger partial charge in [-0.25, -0.2) is 0 Å². The van der Waals surface area contributed by atoms with E-state index in [0.717, 1.165) is 22.8 Å². The Kier molecular flexibility index (Phi) is 7.73. The maximum atomic E-state index is 7.12. The Morgan fingerprint density at radius 1 is 0.923 bits per heavy atom. The zero-order valence-corrected chi connectivity index (χ0v) is 19.4. The predicted octanol–water partition coefficient (Wildman–Crippen LogP) is 5.81. The van der Waals surface area contributed by atoms with Gasteiger partial charge in [0.05, 0.1) is 0 Å². The van der Waals surface area contributed by atoms with Crippen molar-refractivity contribution in [3.8, 4) is 11.5 Å². The van der Waals surface area contributed by atoms with Crippen molar-refractivity contribution in [3.05, 3.63) is 18.2 Å². The van der Waals surface area contributed by atoms with Crippen LogP contribution in [0.4, 0.5) is 0 Å². The molecule has 0 amide bonds. The van der Waals surface area contributed by atoms with Crippen molar-refractivity contribution < 1.29 is 28.7 Å². The second-order valence-electron chi connectivity index (χ2n) is 7.94. The molecule has 2 fully saturated rings. The monoisotopic (exact) mass is 489 g/mol. The summed E-state index contributed by atoms with van der Waals surface area (Å²) in [5, 5.41) is 1.39. The molecule has 151 valence electrons. The summed E-state index contributed by atoms with van der Waals surface area (Å²) in [6.45, 7) is 0. The molecule has 3 rings (SSSR count). The van der Waals surface area contributed by atoms with E-state index in [9.17, 15) is 0 Å². The molecular weight excluding hydrogens is 457 g/mol.